The van der Waals surface area contributed by atoms with E-state index in [9.17, 15) is 0 Å². The summed E-state index contributed by atoms with van der Waals surface area (Å²) in [4.78, 5) is 24.6. The van der Waals surface area contributed by atoms with E-state index in [-0.39, 0.29) is 0 Å². The molecule has 0 amide bonds. The maximum Gasteiger partial charge on any atom is 0.164 e. The van der Waals surface area contributed by atoms with Crippen LogP contribution in [0.15, 0.2) is 163 Å². The van der Waals surface area contributed by atoms with Gasteiger partial charge in [0.2, 0.25) is 0 Å². The summed E-state index contributed by atoms with van der Waals surface area (Å²) in [5, 5.41) is 1.12. The van der Waals surface area contributed by atoms with Crippen LogP contribution in [0.4, 0.5) is 0 Å². The standard InChI is InChI=1S/C45H33N5/c1-2-8-30(9-3-1)31-16-22-36(23-17-31)43-48-44(37-24-18-32(19-25-37)39-14-4-10-34-12-6-28-46-41(34)39)50-45(49-43)38-26-20-33(21-27-38)40-15-5-11-35-13-7-29-47-42(35)40/h1-10,12-16,18-22,24-29,35H,11,17,23H2. The predicted molar refractivity (Wildman–Crippen MR) is 205 cm³/mol. The minimum atomic E-state index is 0.330. The summed E-state index contributed by atoms with van der Waals surface area (Å²) in [5.74, 6) is 2.36. The number of benzene rings is 4. The number of aliphatic imine (C=N–C) groups is 1. The van der Waals surface area contributed by atoms with Crippen molar-refractivity contribution in [2.75, 3.05) is 0 Å². The second-order valence-corrected chi connectivity index (χ2v) is 12.8. The predicted octanol–water partition coefficient (Wildman–Crippen LogP) is 10.6. The van der Waals surface area contributed by atoms with Gasteiger partial charge in [0, 0.05) is 46.0 Å². The van der Waals surface area contributed by atoms with Crippen molar-refractivity contribution in [3.05, 3.63) is 174 Å². The molecule has 1 unspecified atom stereocenters. The number of pyridine rings is 1. The highest BCUT2D eigenvalue weighted by Gasteiger charge is 2.21. The number of hydrogen-bond acceptors (Lipinski definition) is 5. The summed E-state index contributed by atoms with van der Waals surface area (Å²) in [6.07, 6.45) is 19.6. The maximum atomic E-state index is 5.07. The van der Waals surface area contributed by atoms with Gasteiger partial charge in [0.15, 0.2) is 17.5 Å². The summed E-state index contributed by atoms with van der Waals surface area (Å²) in [6, 6.07) is 38.0. The Labute approximate surface area is 291 Å². The fourth-order valence-corrected chi connectivity index (χ4v) is 7.04. The zero-order chi connectivity index (χ0) is 33.3. The smallest absolute Gasteiger partial charge is 0.164 e. The first-order valence-electron chi connectivity index (χ1n) is 17.2. The zero-order valence-electron chi connectivity index (χ0n) is 27.4. The third-order valence-electron chi connectivity index (χ3n) is 9.70. The number of aromatic nitrogens is 4. The van der Waals surface area contributed by atoms with E-state index in [0.717, 1.165) is 69.3 Å². The number of allylic oxidation sites excluding steroid dienone is 9. The fourth-order valence-electron chi connectivity index (χ4n) is 7.04. The van der Waals surface area contributed by atoms with Crippen molar-refractivity contribution in [1.82, 2.24) is 19.9 Å². The van der Waals surface area contributed by atoms with Crippen LogP contribution >= 0.6 is 0 Å². The Morgan fingerprint density at radius 1 is 0.560 bits per heavy atom. The van der Waals surface area contributed by atoms with Gasteiger partial charge in [-0.25, -0.2) is 15.0 Å². The van der Waals surface area contributed by atoms with Crippen LogP contribution in [-0.2, 0) is 0 Å². The van der Waals surface area contributed by atoms with E-state index in [1.807, 2.05) is 24.6 Å². The van der Waals surface area contributed by atoms with Crippen LogP contribution in [0.1, 0.15) is 36.2 Å². The quantitative estimate of drug-likeness (QED) is 0.181. The van der Waals surface area contributed by atoms with Crippen LogP contribution in [0.5, 0.6) is 0 Å². The van der Waals surface area contributed by atoms with Crippen LogP contribution in [0.3, 0.4) is 0 Å². The molecule has 238 valence electrons. The van der Waals surface area contributed by atoms with Crippen LogP contribution in [0.25, 0.3) is 61.5 Å². The lowest BCUT2D eigenvalue weighted by atomic mass is 9.87. The Morgan fingerprint density at radius 2 is 1.24 bits per heavy atom. The highest BCUT2D eigenvalue weighted by atomic mass is 15.0. The van der Waals surface area contributed by atoms with Gasteiger partial charge in [-0.3, -0.25) is 9.98 Å². The highest BCUT2D eigenvalue weighted by molar-refractivity contribution is 5.93. The molecule has 3 aliphatic rings. The second-order valence-electron chi connectivity index (χ2n) is 12.8. The van der Waals surface area contributed by atoms with Gasteiger partial charge in [0.1, 0.15) is 0 Å². The molecule has 0 N–H and O–H groups in total. The van der Waals surface area contributed by atoms with Crippen LogP contribution in [-0.4, -0.2) is 26.2 Å². The number of fused-ring (bicyclic) bond motifs is 2. The number of hydrogen-bond donors (Lipinski definition) is 0. The Kier molecular flexibility index (Phi) is 7.71. The Morgan fingerprint density at radius 3 is 2.00 bits per heavy atom. The highest BCUT2D eigenvalue weighted by Crippen LogP contribution is 2.36. The Hall–Kier alpha value is -6.33. The van der Waals surface area contributed by atoms with E-state index < -0.39 is 0 Å². The van der Waals surface area contributed by atoms with Crippen molar-refractivity contribution in [3.8, 4) is 33.9 Å². The molecule has 5 heteroatoms. The van der Waals surface area contributed by atoms with Crippen molar-refractivity contribution < 1.29 is 0 Å². The van der Waals surface area contributed by atoms with Crippen molar-refractivity contribution >= 4 is 33.8 Å². The Bertz CT molecular complexity index is 2420. The van der Waals surface area contributed by atoms with Crippen LogP contribution < -0.4 is 0 Å². The van der Waals surface area contributed by atoms with Crippen molar-refractivity contribution in [1.29, 1.82) is 0 Å². The molecular formula is C45H33N5. The molecular weight excluding hydrogens is 611 g/mol. The summed E-state index contributed by atoms with van der Waals surface area (Å²) in [5.41, 5.74) is 12.2. The minimum absolute atomic E-state index is 0.330. The van der Waals surface area contributed by atoms with Crippen molar-refractivity contribution in [2.24, 2.45) is 10.9 Å². The summed E-state index contributed by atoms with van der Waals surface area (Å²) in [6.45, 7) is 0. The first-order chi connectivity index (χ1) is 24.8. The summed E-state index contributed by atoms with van der Waals surface area (Å²) < 4.78 is 0. The van der Waals surface area contributed by atoms with Gasteiger partial charge in [-0.15, -0.1) is 0 Å². The van der Waals surface area contributed by atoms with Gasteiger partial charge in [-0.2, -0.15) is 0 Å². The lowest BCUT2D eigenvalue weighted by Crippen LogP contribution is -2.08. The molecule has 0 saturated carbocycles. The van der Waals surface area contributed by atoms with Gasteiger partial charge >= 0.3 is 0 Å². The fraction of sp³-hybridized carbons (Fsp3) is 0.0889. The van der Waals surface area contributed by atoms with E-state index in [2.05, 4.69) is 138 Å². The average molecular weight is 644 g/mol. The van der Waals surface area contributed by atoms with Crippen LogP contribution in [0, 0.1) is 5.92 Å². The summed E-state index contributed by atoms with van der Waals surface area (Å²) in [7, 11) is 0. The monoisotopic (exact) mass is 643 g/mol. The molecule has 50 heavy (non-hydrogen) atoms. The number of nitrogens with zero attached hydrogens (tertiary/aromatic N) is 5. The van der Waals surface area contributed by atoms with Crippen molar-refractivity contribution in [3.63, 3.8) is 0 Å². The normalized spacial score (nSPS) is 16.7. The van der Waals surface area contributed by atoms with E-state index in [4.69, 9.17) is 19.9 Å². The molecule has 2 aromatic heterocycles. The lowest BCUT2D eigenvalue weighted by Gasteiger charge is -2.21. The molecule has 1 atom stereocenters. The number of dihydropyridines is 1. The Balaban J connectivity index is 1.10. The van der Waals surface area contributed by atoms with Gasteiger partial charge in [0.05, 0.1) is 11.2 Å². The topological polar surface area (TPSA) is 63.9 Å². The van der Waals surface area contributed by atoms with E-state index in [1.165, 1.54) is 16.7 Å². The van der Waals surface area contributed by atoms with E-state index in [0.29, 0.717) is 23.4 Å². The molecule has 4 aromatic carbocycles. The molecule has 0 bridgehead atoms. The van der Waals surface area contributed by atoms with Crippen LogP contribution in [0.2, 0.25) is 0 Å². The maximum absolute atomic E-state index is 5.07. The minimum Gasteiger partial charge on any atom is -0.260 e. The van der Waals surface area contributed by atoms with Gasteiger partial charge in [-0.05, 0) is 59.2 Å². The molecule has 9 rings (SSSR count). The molecule has 5 nitrogen and oxygen atoms in total. The first-order valence-corrected chi connectivity index (χ1v) is 17.2. The SMILES string of the molecule is C1=CC2CC=CC(c3ccc(-c4nc(C5=CC=C(c6ccccc6)CC5)nc(-c5ccc(-c6cccc7cccnc67)cc5)n4)cc3)=C2N=C1. The van der Waals surface area contributed by atoms with Gasteiger partial charge in [0.25, 0.3) is 0 Å². The summed E-state index contributed by atoms with van der Waals surface area (Å²) >= 11 is 0. The molecule has 0 radical (unpaired) electrons. The zero-order valence-corrected chi connectivity index (χ0v) is 27.4. The largest absolute Gasteiger partial charge is 0.260 e. The van der Waals surface area contributed by atoms with Crippen molar-refractivity contribution in [2.45, 2.75) is 19.3 Å². The molecule has 0 fully saturated rings. The third kappa shape index (κ3) is 5.73. The molecule has 6 aromatic rings. The molecule has 0 spiro atoms. The number of rotatable bonds is 6. The molecule has 0 saturated heterocycles. The van der Waals surface area contributed by atoms with Gasteiger partial charge < -0.3 is 0 Å². The number of para-hydroxylation sites is 1. The lowest BCUT2D eigenvalue weighted by molar-refractivity contribution is 0.755. The molecule has 1 aliphatic heterocycles. The molecule has 3 heterocycles. The van der Waals surface area contributed by atoms with Gasteiger partial charge in [-0.1, -0.05) is 134 Å². The third-order valence-corrected chi connectivity index (χ3v) is 9.70. The van der Waals surface area contributed by atoms with E-state index >= 15 is 0 Å². The van der Waals surface area contributed by atoms with E-state index in [1.54, 1.807) is 0 Å². The molecule has 2 aliphatic carbocycles. The second kappa shape index (κ2) is 12.9. The average Bonchev–Trinajstić information content (AvgIpc) is 3.21. The first kappa shape index (κ1) is 29.8.